The molecule has 1 aromatic rings. The lowest BCUT2D eigenvalue weighted by Gasteiger charge is -2.55. The normalized spacial score (nSPS) is 35.8. The molecule has 4 aliphatic carbocycles. The van der Waals surface area contributed by atoms with Gasteiger partial charge in [0.15, 0.2) is 0 Å². The molecule has 1 aliphatic heterocycles. The molecule has 0 radical (unpaired) electrons. The summed E-state index contributed by atoms with van der Waals surface area (Å²) in [7, 11) is 0. The van der Waals surface area contributed by atoms with Gasteiger partial charge in [-0.05, 0) is 93.7 Å². The topological polar surface area (TPSA) is 32.3 Å². The van der Waals surface area contributed by atoms with Crippen molar-refractivity contribution in [3.05, 3.63) is 22.4 Å². The molecule has 1 N–H and O–H groups in total. The van der Waals surface area contributed by atoms with Crippen molar-refractivity contribution in [3.8, 4) is 0 Å². The molecule has 28 heavy (non-hydrogen) atoms. The maximum atomic E-state index is 13.4. The molecule has 1 amide bonds. The lowest BCUT2D eigenvalue weighted by atomic mass is 9.49. The van der Waals surface area contributed by atoms with Gasteiger partial charge in [0, 0.05) is 16.8 Å². The van der Waals surface area contributed by atoms with Crippen molar-refractivity contribution in [2.45, 2.75) is 70.3 Å². The summed E-state index contributed by atoms with van der Waals surface area (Å²) in [6, 6.07) is 4.78. The van der Waals surface area contributed by atoms with Crippen molar-refractivity contribution in [1.82, 2.24) is 10.2 Å². The Balaban J connectivity index is 0.00000192. The third kappa shape index (κ3) is 4.02. The number of thiophene rings is 1. The number of halogens is 1. The van der Waals surface area contributed by atoms with Crippen LogP contribution in [0.4, 0.5) is 0 Å². The van der Waals surface area contributed by atoms with E-state index in [1.807, 2.05) is 11.3 Å². The fourth-order valence-corrected chi connectivity index (χ4v) is 7.92. The highest BCUT2D eigenvalue weighted by Crippen LogP contribution is 2.60. The summed E-state index contributed by atoms with van der Waals surface area (Å²) >= 11 is 1.85. The van der Waals surface area contributed by atoms with Gasteiger partial charge in [0.1, 0.15) is 0 Å². The Hall–Kier alpha value is -0.580. The predicted octanol–water partition coefficient (Wildman–Crippen LogP) is 5.42. The second kappa shape index (κ2) is 8.65. The molecule has 5 aliphatic rings. The zero-order valence-corrected chi connectivity index (χ0v) is 18.5. The Bertz CT molecular complexity index is 618. The molecular formula is C23H35ClN2OS. The second-order valence-electron chi connectivity index (χ2n) is 9.89. The zero-order chi connectivity index (χ0) is 18.3. The molecular weight excluding hydrogens is 388 g/mol. The maximum absolute atomic E-state index is 13.4. The molecule has 0 spiro atoms. The standard InChI is InChI=1S/C23H34N2OS.ClH/c26-22(23-13-17-10-18(14-23)12-19(11-17)15-23)24-16-20(21-6-5-9-27-21)25-7-3-1-2-4-8-25;/h5-6,9,17-20H,1-4,7-8,10-16H2,(H,24,26);1H. The summed E-state index contributed by atoms with van der Waals surface area (Å²) in [6.45, 7) is 3.15. The Labute approximate surface area is 180 Å². The maximum Gasteiger partial charge on any atom is 0.226 e. The number of hydrogen-bond donors (Lipinski definition) is 1. The number of carbonyl (C=O) groups is 1. The monoisotopic (exact) mass is 422 g/mol. The van der Waals surface area contributed by atoms with E-state index in [2.05, 4.69) is 27.7 Å². The summed E-state index contributed by atoms with van der Waals surface area (Å²) in [4.78, 5) is 17.5. The summed E-state index contributed by atoms with van der Waals surface area (Å²) < 4.78 is 0. The highest BCUT2D eigenvalue weighted by molar-refractivity contribution is 7.10. The van der Waals surface area contributed by atoms with Crippen LogP contribution in [0, 0.1) is 23.2 Å². The number of likely N-dealkylation sites (tertiary alicyclic amines) is 1. The van der Waals surface area contributed by atoms with E-state index in [4.69, 9.17) is 0 Å². The van der Waals surface area contributed by atoms with Crippen molar-refractivity contribution in [2.24, 2.45) is 23.2 Å². The van der Waals surface area contributed by atoms with Gasteiger partial charge in [-0.1, -0.05) is 18.9 Å². The van der Waals surface area contributed by atoms with Gasteiger partial charge in [-0.15, -0.1) is 23.7 Å². The van der Waals surface area contributed by atoms with Crippen LogP contribution in [-0.4, -0.2) is 30.4 Å². The number of hydrogen-bond acceptors (Lipinski definition) is 3. The number of nitrogens with one attached hydrogen (secondary N) is 1. The summed E-state index contributed by atoms with van der Waals surface area (Å²) in [6.07, 6.45) is 13.0. The molecule has 1 unspecified atom stereocenters. The van der Waals surface area contributed by atoms with Crippen LogP contribution in [0.3, 0.4) is 0 Å². The minimum absolute atomic E-state index is 0. The van der Waals surface area contributed by atoms with Gasteiger partial charge in [-0.25, -0.2) is 0 Å². The van der Waals surface area contributed by atoms with Crippen molar-refractivity contribution in [2.75, 3.05) is 19.6 Å². The van der Waals surface area contributed by atoms with Gasteiger partial charge in [0.05, 0.1) is 6.04 Å². The Kier molecular flexibility index (Phi) is 6.39. The quantitative estimate of drug-likeness (QED) is 0.687. The Morgan fingerprint density at radius 2 is 1.68 bits per heavy atom. The summed E-state index contributed by atoms with van der Waals surface area (Å²) in [5, 5.41) is 5.65. The minimum Gasteiger partial charge on any atom is -0.354 e. The van der Waals surface area contributed by atoms with Gasteiger partial charge in [0.25, 0.3) is 0 Å². The molecule has 1 aromatic heterocycles. The summed E-state index contributed by atoms with van der Waals surface area (Å²) in [5.74, 6) is 2.89. The second-order valence-corrected chi connectivity index (χ2v) is 10.9. The third-order valence-electron chi connectivity index (χ3n) is 7.93. The molecule has 156 valence electrons. The third-order valence-corrected chi connectivity index (χ3v) is 8.90. The first-order chi connectivity index (χ1) is 13.2. The van der Waals surface area contributed by atoms with Crippen LogP contribution in [0.5, 0.6) is 0 Å². The molecule has 5 heteroatoms. The first-order valence-electron chi connectivity index (χ1n) is 11.3. The largest absolute Gasteiger partial charge is 0.354 e. The van der Waals surface area contributed by atoms with Crippen LogP contribution in [0.1, 0.15) is 75.1 Å². The SMILES string of the molecule is Cl.O=C(NCC(c1cccs1)N1CCCCCC1)C12CC3CC(CC(C3)C1)C2. The summed E-state index contributed by atoms with van der Waals surface area (Å²) in [5.41, 5.74) is -0.0203. The van der Waals surface area contributed by atoms with Gasteiger partial charge in [0.2, 0.25) is 5.91 Å². The first-order valence-corrected chi connectivity index (χ1v) is 12.2. The lowest BCUT2D eigenvalue weighted by molar-refractivity contribution is -0.146. The smallest absolute Gasteiger partial charge is 0.226 e. The van der Waals surface area contributed by atoms with Gasteiger partial charge in [-0.2, -0.15) is 0 Å². The van der Waals surface area contributed by atoms with Crippen LogP contribution in [-0.2, 0) is 4.79 Å². The highest BCUT2D eigenvalue weighted by Gasteiger charge is 2.54. The average molecular weight is 423 g/mol. The van der Waals surface area contributed by atoms with E-state index < -0.39 is 0 Å². The molecule has 6 rings (SSSR count). The molecule has 4 bridgehead atoms. The molecule has 1 saturated heterocycles. The van der Waals surface area contributed by atoms with Crippen molar-refractivity contribution in [1.29, 1.82) is 0 Å². The van der Waals surface area contributed by atoms with Crippen LogP contribution >= 0.6 is 23.7 Å². The van der Waals surface area contributed by atoms with E-state index in [0.29, 0.717) is 11.9 Å². The van der Waals surface area contributed by atoms with E-state index >= 15 is 0 Å². The van der Waals surface area contributed by atoms with Gasteiger partial charge >= 0.3 is 0 Å². The van der Waals surface area contributed by atoms with Crippen molar-refractivity contribution >= 4 is 29.7 Å². The van der Waals surface area contributed by atoms with Crippen molar-refractivity contribution in [3.63, 3.8) is 0 Å². The Morgan fingerprint density at radius 1 is 1.07 bits per heavy atom. The first kappa shape index (κ1) is 20.7. The number of rotatable bonds is 5. The van der Waals surface area contributed by atoms with E-state index in [1.165, 1.54) is 82.2 Å². The molecule has 4 saturated carbocycles. The van der Waals surface area contributed by atoms with E-state index in [-0.39, 0.29) is 17.8 Å². The molecule has 1 atom stereocenters. The van der Waals surface area contributed by atoms with Crippen LogP contribution in [0.25, 0.3) is 0 Å². The lowest BCUT2D eigenvalue weighted by Crippen LogP contribution is -2.54. The van der Waals surface area contributed by atoms with E-state index in [1.54, 1.807) is 0 Å². The predicted molar refractivity (Wildman–Crippen MR) is 118 cm³/mol. The van der Waals surface area contributed by atoms with Crippen LogP contribution in [0.2, 0.25) is 0 Å². The fraction of sp³-hybridized carbons (Fsp3) is 0.783. The molecule has 3 nitrogen and oxygen atoms in total. The molecule has 5 fully saturated rings. The van der Waals surface area contributed by atoms with Gasteiger partial charge in [-0.3, -0.25) is 9.69 Å². The van der Waals surface area contributed by atoms with E-state index in [0.717, 1.165) is 24.3 Å². The van der Waals surface area contributed by atoms with Gasteiger partial charge < -0.3 is 5.32 Å². The number of amides is 1. The number of carbonyl (C=O) groups excluding carboxylic acids is 1. The molecule has 0 aromatic carbocycles. The van der Waals surface area contributed by atoms with E-state index in [9.17, 15) is 4.79 Å². The minimum atomic E-state index is -0.0203. The highest BCUT2D eigenvalue weighted by atomic mass is 35.5. The average Bonchev–Trinajstić information content (AvgIpc) is 3.03. The zero-order valence-electron chi connectivity index (χ0n) is 16.9. The molecule has 2 heterocycles. The fourth-order valence-electron chi connectivity index (χ4n) is 7.06. The Morgan fingerprint density at radius 3 is 2.21 bits per heavy atom. The number of nitrogens with zero attached hydrogens (tertiary/aromatic N) is 1. The van der Waals surface area contributed by atoms with Crippen LogP contribution < -0.4 is 5.32 Å². The van der Waals surface area contributed by atoms with Crippen LogP contribution in [0.15, 0.2) is 17.5 Å². The van der Waals surface area contributed by atoms with Crippen molar-refractivity contribution < 1.29 is 4.79 Å².